The maximum Gasteiger partial charge on any atom is 0.257 e. The number of nitrogen functional groups attached to an aromatic ring is 1. The highest BCUT2D eigenvalue weighted by atomic mass is 35.5. The molecule has 0 fully saturated rings. The van der Waals surface area contributed by atoms with Gasteiger partial charge in [-0.2, -0.15) is 0 Å². The van der Waals surface area contributed by atoms with Crippen molar-refractivity contribution in [1.82, 2.24) is 4.98 Å². The number of nitrogens with two attached hydrogens (primary N) is 1. The Bertz CT molecular complexity index is 789. The monoisotopic (exact) mass is 325 g/mol. The molecule has 1 amide bonds. The molecule has 2 aromatic rings. The second-order valence-corrected chi connectivity index (χ2v) is 6.74. The summed E-state index contributed by atoms with van der Waals surface area (Å²) in [7, 11) is -3.37. The lowest BCUT2D eigenvalue weighted by atomic mass is 10.1. The second-order valence-electron chi connectivity index (χ2n) is 4.34. The number of sulfone groups is 1. The lowest BCUT2D eigenvalue weighted by Crippen LogP contribution is -2.14. The van der Waals surface area contributed by atoms with Gasteiger partial charge in [0, 0.05) is 17.0 Å². The zero-order valence-corrected chi connectivity index (χ0v) is 12.6. The van der Waals surface area contributed by atoms with Gasteiger partial charge in [0.25, 0.3) is 5.91 Å². The topological polar surface area (TPSA) is 102 Å². The number of hydrogen-bond donors (Lipinski definition) is 2. The number of pyridine rings is 1. The van der Waals surface area contributed by atoms with E-state index < -0.39 is 15.7 Å². The molecule has 8 heteroatoms. The Morgan fingerprint density at radius 2 is 2.00 bits per heavy atom. The minimum atomic E-state index is -3.37. The van der Waals surface area contributed by atoms with Crippen molar-refractivity contribution in [1.29, 1.82) is 0 Å². The highest BCUT2D eigenvalue weighted by molar-refractivity contribution is 7.90. The van der Waals surface area contributed by atoms with Crippen LogP contribution in [0.2, 0.25) is 5.02 Å². The Kier molecular flexibility index (Phi) is 4.15. The molecule has 0 bridgehead atoms. The molecule has 3 N–H and O–H groups in total. The zero-order chi connectivity index (χ0) is 15.6. The number of nitrogens with zero attached hydrogens (tertiary/aromatic N) is 1. The Hall–Kier alpha value is -2.12. The van der Waals surface area contributed by atoms with Crippen LogP contribution < -0.4 is 11.1 Å². The van der Waals surface area contributed by atoms with Crippen molar-refractivity contribution < 1.29 is 13.2 Å². The van der Waals surface area contributed by atoms with Crippen LogP contribution in [0.5, 0.6) is 0 Å². The molecular formula is C13H12ClN3O3S. The first-order chi connectivity index (χ1) is 9.77. The third kappa shape index (κ3) is 3.71. The summed E-state index contributed by atoms with van der Waals surface area (Å²) in [6, 6.07) is 7.30. The average molecular weight is 326 g/mol. The number of halogens is 1. The number of carbonyl (C=O) groups is 1. The van der Waals surface area contributed by atoms with Crippen LogP contribution in [0.3, 0.4) is 0 Å². The summed E-state index contributed by atoms with van der Waals surface area (Å²) in [6.45, 7) is 0. The van der Waals surface area contributed by atoms with Crippen LogP contribution in [0.1, 0.15) is 10.4 Å². The number of carbonyl (C=O) groups excluding carboxylic acids is 1. The standard InChI is InChI=1S/C13H12ClN3O3S/c1-21(19,20)12-5-3-9(7-16-12)17-13(18)10-4-2-8(14)6-11(10)15/h2-7H,15H2,1H3,(H,17,18). The van der Waals surface area contributed by atoms with Gasteiger partial charge < -0.3 is 11.1 Å². The Labute approximate surface area is 126 Å². The van der Waals surface area contributed by atoms with E-state index in [1.807, 2.05) is 0 Å². The van der Waals surface area contributed by atoms with E-state index in [2.05, 4.69) is 10.3 Å². The lowest BCUT2D eigenvalue weighted by Gasteiger charge is -2.08. The van der Waals surface area contributed by atoms with Crippen LogP contribution >= 0.6 is 11.6 Å². The molecule has 0 radical (unpaired) electrons. The molecule has 0 saturated carbocycles. The number of nitrogens with one attached hydrogen (secondary N) is 1. The van der Waals surface area contributed by atoms with Gasteiger partial charge in [0.15, 0.2) is 14.9 Å². The van der Waals surface area contributed by atoms with Gasteiger partial charge in [-0.3, -0.25) is 4.79 Å². The summed E-state index contributed by atoms with van der Waals surface area (Å²) in [4.78, 5) is 15.8. The number of anilines is 2. The molecule has 6 nitrogen and oxygen atoms in total. The largest absolute Gasteiger partial charge is 0.398 e. The molecule has 0 unspecified atom stereocenters. The van der Waals surface area contributed by atoms with Crippen molar-refractivity contribution in [2.45, 2.75) is 5.03 Å². The minimum absolute atomic E-state index is 0.0634. The predicted octanol–water partition coefficient (Wildman–Crippen LogP) is 1.97. The molecule has 0 aliphatic carbocycles. The summed E-state index contributed by atoms with van der Waals surface area (Å²) < 4.78 is 22.6. The molecule has 110 valence electrons. The number of hydrogen-bond acceptors (Lipinski definition) is 5. The molecule has 0 spiro atoms. The van der Waals surface area contributed by atoms with Gasteiger partial charge in [0.05, 0.1) is 17.4 Å². The number of amides is 1. The number of aromatic nitrogens is 1. The summed E-state index contributed by atoms with van der Waals surface area (Å²) in [5.74, 6) is -0.432. The zero-order valence-electron chi connectivity index (χ0n) is 11.0. The quantitative estimate of drug-likeness (QED) is 0.840. The normalized spacial score (nSPS) is 11.1. The van der Waals surface area contributed by atoms with E-state index >= 15 is 0 Å². The SMILES string of the molecule is CS(=O)(=O)c1ccc(NC(=O)c2ccc(Cl)cc2N)cn1. The van der Waals surface area contributed by atoms with E-state index in [-0.39, 0.29) is 16.3 Å². The molecule has 0 aliphatic heterocycles. The number of benzene rings is 1. The van der Waals surface area contributed by atoms with E-state index in [0.717, 1.165) is 6.26 Å². The molecule has 2 rings (SSSR count). The third-order valence-corrected chi connectivity index (χ3v) is 3.87. The average Bonchev–Trinajstić information content (AvgIpc) is 2.38. The van der Waals surface area contributed by atoms with Crippen molar-refractivity contribution in [3.63, 3.8) is 0 Å². The van der Waals surface area contributed by atoms with Crippen molar-refractivity contribution >= 4 is 38.7 Å². The van der Waals surface area contributed by atoms with E-state index in [4.69, 9.17) is 17.3 Å². The molecule has 1 aromatic carbocycles. The van der Waals surface area contributed by atoms with Gasteiger partial charge in [-0.25, -0.2) is 13.4 Å². The first-order valence-corrected chi connectivity index (χ1v) is 8.07. The fourth-order valence-corrected chi connectivity index (χ4v) is 2.35. The fourth-order valence-electron chi connectivity index (χ4n) is 1.61. The molecular weight excluding hydrogens is 314 g/mol. The maximum absolute atomic E-state index is 12.0. The van der Waals surface area contributed by atoms with Crippen LogP contribution in [-0.4, -0.2) is 25.6 Å². The molecule has 1 heterocycles. The first-order valence-electron chi connectivity index (χ1n) is 5.80. The van der Waals surface area contributed by atoms with Gasteiger partial charge in [-0.15, -0.1) is 0 Å². The Morgan fingerprint density at radius 3 is 2.52 bits per heavy atom. The van der Waals surface area contributed by atoms with Crippen molar-refractivity contribution in [2.75, 3.05) is 17.3 Å². The molecule has 0 atom stereocenters. The highest BCUT2D eigenvalue weighted by Crippen LogP contribution is 2.19. The van der Waals surface area contributed by atoms with Gasteiger partial charge in [0.1, 0.15) is 0 Å². The highest BCUT2D eigenvalue weighted by Gasteiger charge is 2.12. The molecule has 1 aromatic heterocycles. The van der Waals surface area contributed by atoms with Gasteiger partial charge in [0.2, 0.25) is 0 Å². The summed E-state index contributed by atoms with van der Waals surface area (Å²) >= 11 is 5.76. The summed E-state index contributed by atoms with van der Waals surface area (Å²) in [5.41, 5.74) is 6.60. The van der Waals surface area contributed by atoms with Crippen LogP contribution in [0.25, 0.3) is 0 Å². The van der Waals surface area contributed by atoms with Crippen molar-refractivity contribution in [2.24, 2.45) is 0 Å². The van der Waals surface area contributed by atoms with E-state index in [0.29, 0.717) is 10.7 Å². The van der Waals surface area contributed by atoms with E-state index in [1.54, 1.807) is 6.07 Å². The predicted molar refractivity (Wildman–Crippen MR) is 81.2 cm³/mol. The Morgan fingerprint density at radius 1 is 1.29 bits per heavy atom. The summed E-state index contributed by atoms with van der Waals surface area (Å²) in [5, 5.41) is 2.95. The van der Waals surface area contributed by atoms with Crippen LogP contribution in [0.15, 0.2) is 41.6 Å². The van der Waals surface area contributed by atoms with Crippen LogP contribution in [-0.2, 0) is 9.84 Å². The van der Waals surface area contributed by atoms with E-state index in [1.165, 1.54) is 30.5 Å². The minimum Gasteiger partial charge on any atom is -0.398 e. The summed E-state index contributed by atoms with van der Waals surface area (Å²) in [6.07, 6.45) is 2.32. The van der Waals surface area contributed by atoms with Crippen LogP contribution in [0, 0.1) is 0 Å². The van der Waals surface area contributed by atoms with Gasteiger partial charge >= 0.3 is 0 Å². The third-order valence-electron chi connectivity index (χ3n) is 2.63. The molecule has 21 heavy (non-hydrogen) atoms. The fraction of sp³-hybridized carbons (Fsp3) is 0.0769. The smallest absolute Gasteiger partial charge is 0.257 e. The van der Waals surface area contributed by atoms with Gasteiger partial charge in [-0.1, -0.05) is 11.6 Å². The number of rotatable bonds is 3. The van der Waals surface area contributed by atoms with Gasteiger partial charge in [-0.05, 0) is 30.3 Å². The van der Waals surface area contributed by atoms with E-state index in [9.17, 15) is 13.2 Å². The second kappa shape index (κ2) is 5.71. The lowest BCUT2D eigenvalue weighted by molar-refractivity contribution is 0.102. The van der Waals surface area contributed by atoms with Crippen LogP contribution in [0.4, 0.5) is 11.4 Å². The molecule has 0 aliphatic rings. The Balaban J connectivity index is 2.20. The molecule has 0 saturated heterocycles. The first kappa shape index (κ1) is 15.3. The van der Waals surface area contributed by atoms with Crippen molar-refractivity contribution in [3.05, 3.63) is 47.1 Å². The van der Waals surface area contributed by atoms with Crippen molar-refractivity contribution in [3.8, 4) is 0 Å². The maximum atomic E-state index is 12.0.